The topological polar surface area (TPSA) is 66.8 Å². The number of halogens is 1. The van der Waals surface area contributed by atoms with Gasteiger partial charge in [0.1, 0.15) is 5.75 Å². The van der Waals surface area contributed by atoms with E-state index in [1.54, 1.807) is 24.3 Å². The monoisotopic (exact) mass is 437 g/mol. The number of benzene rings is 2. The van der Waals surface area contributed by atoms with E-state index in [0.717, 1.165) is 25.1 Å². The lowest BCUT2D eigenvalue weighted by atomic mass is 9.99. The third-order valence-corrected chi connectivity index (χ3v) is 6.96. The molecule has 7 heteroatoms. The van der Waals surface area contributed by atoms with Gasteiger partial charge in [0.2, 0.25) is 0 Å². The van der Waals surface area contributed by atoms with E-state index in [2.05, 4.69) is 11.8 Å². The van der Waals surface area contributed by atoms with Crippen LogP contribution in [0.25, 0.3) is 0 Å². The molecule has 0 amide bonds. The lowest BCUT2D eigenvalue weighted by molar-refractivity contribution is 0.136. The molecule has 2 aromatic rings. The second-order valence-corrected chi connectivity index (χ2v) is 10.4. The SMILES string of the molecule is CC1CN(C(CO)Cc2cccc(Cl)c2)CC1COc1ccc(S(C)(=O)=O)cc1. The number of nitrogens with zero attached hydrogens (tertiary/aromatic N) is 1. The van der Waals surface area contributed by atoms with Gasteiger partial charge in [-0.1, -0.05) is 30.7 Å². The van der Waals surface area contributed by atoms with Crippen LogP contribution in [0.3, 0.4) is 0 Å². The van der Waals surface area contributed by atoms with Gasteiger partial charge in [-0.3, -0.25) is 4.90 Å². The zero-order valence-electron chi connectivity index (χ0n) is 16.8. The Morgan fingerprint density at radius 1 is 1.21 bits per heavy atom. The molecule has 0 saturated carbocycles. The van der Waals surface area contributed by atoms with Crippen LogP contribution >= 0.6 is 11.6 Å². The van der Waals surface area contributed by atoms with Crippen molar-refractivity contribution in [3.63, 3.8) is 0 Å². The first kappa shape index (κ1) is 22.1. The van der Waals surface area contributed by atoms with Gasteiger partial charge in [0.15, 0.2) is 9.84 Å². The fourth-order valence-electron chi connectivity index (χ4n) is 3.82. The van der Waals surface area contributed by atoms with Crippen LogP contribution in [0.5, 0.6) is 5.75 Å². The summed E-state index contributed by atoms with van der Waals surface area (Å²) in [6.07, 6.45) is 1.95. The van der Waals surface area contributed by atoms with Gasteiger partial charge >= 0.3 is 0 Å². The van der Waals surface area contributed by atoms with Crippen LogP contribution in [-0.2, 0) is 16.3 Å². The minimum absolute atomic E-state index is 0.0509. The molecule has 2 aromatic carbocycles. The lowest BCUT2D eigenvalue weighted by Crippen LogP contribution is -2.38. The minimum atomic E-state index is -3.20. The summed E-state index contributed by atoms with van der Waals surface area (Å²) in [5.74, 6) is 1.46. The standard InChI is InChI=1S/C22H28ClNO4S/c1-16-12-24(20(14-25)11-17-4-3-5-19(23)10-17)13-18(16)15-28-21-6-8-22(9-7-21)29(2,26)27/h3-10,16,18,20,25H,11-15H2,1-2H3. The predicted molar refractivity (Wildman–Crippen MR) is 115 cm³/mol. The number of aliphatic hydroxyl groups excluding tert-OH is 1. The zero-order chi connectivity index (χ0) is 21.0. The molecular formula is C22H28ClNO4S. The van der Waals surface area contributed by atoms with Crippen molar-refractivity contribution in [1.29, 1.82) is 0 Å². The fraction of sp³-hybridized carbons (Fsp3) is 0.455. The van der Waals surface area contributed by atoms with Crippen molar-refractivity contribution < 1.29 is 18.3 Å². The van der Waals surface area contributed by atoms with E-state index in [1.165, 1.54) is 6.26 Å². The Bertz CT molecular complexity index is 917. The average molecular weight is 438 g/mol. The molecule has 0 radical (unpaired) electrons. The zero-order valence-corrected chi connectivity index (χ0v) is 18.4. The van der Waals surface area contributed by atoms with Crippen LogP contribution < -0.4 is 4.74 Å². The second-order valence-electron chi connectivity index (χ2n) is 7.92. The van der Waals surface area contributed by atoms with Crippen molar-refractivity contribution in [3.8, 4) is 5.75 Å². The third-order valence-electron chi connectivity index (χ3n) is 5.60. The number of likely N-dealkylation sites (tertiary alicyclic amines) is 1. The minimum Gasteiger partial charge on any atom is -0.493 e. The molecule has 1 N–H and O–H groups in total. The molecule has 1 saturated heterocycles. The van der Waals surface area contributed by atoms with Gasteiger partial charge in [0.25, 0.3) is 0 Å². The van der Waals surface area contributed by atoms with Gasteiger partial charge in [0.05, 0.1) is 18.1 Å². The number of hydrogen-bond donors (Lipinski definition) is 1. The number of sulfone groups is 1. The highest BCUT2D eigenvalue weighted by atomic mass is 35.5. The first-order chi connectivity index (χ1) is 13.8. The summed E-state index contributed by atoms with van der Waals surface area (Å²) in [6.45, 7) is 4.63. The second kappa shape index (κ2) is 9.47. The number of ether oxygens (including phenoxy) is 1. The molecular weight excluding hydrogens is 410 g/mol. The van der Waals surface area contributed by atoms with E-state index in [4.69, 9.17) is 16.3 Å². The van der Waals surface area contributed by atoms with E-state index in [1.807, 2.05) is 24.3 Å². The van der Waals surface area contributed by atoms with Crippen LogP contribution in [0.1, 0.15) is 12.5 Å². The molecule has 0 bridgehead atoms. The van der Waals surface area contributed by atoms with Gasteiger partial charge in [-0.15, -0.1) is 0 Å². The molecule has 158 valence electrons. The number of aliphatic hydroxyl groups is 1. The molecule has 1 heterocycles. The number of rotatable bonds is 8. The molecule has 0 aromatic heterocycles. The van der Waals surface area contributed by atoms with Crippen LogP contribution in [0.4, 0.5) is 0 Å². The summed E-state index contributed by atoms with van der Waals surface area (Å²) >= 11 is 6.09. The van der Waals surface area contributed by atoms with Crippen molar-refractivity contribution in [2.45, 2.75) is 24.3 Å². The molecule has 0 spiro atoms. The van der Waals surface area contributed by atoms with E-state index in [9.17, 15) is 13.5 Å². The average Bonchev–Trinajstić information content (AvgIpc) is 3.04. The van der Waals surface area contributed by atoms with Gasteiger partial charge in [-0.2, -0.15) is 0 Å². The van der Waals surface area contributed by atoms with Crippen molar-refractivity contribution in [3.05, 3.63) is 59.1 Å². The summed E-state index contributed by atoms with van der Waals surface area (Å²) in [4.78, 5) is 2.61. The lowest BCUT2D eigenvalue weighted by Gasteiger charge is -2.26. The first-order valence-electron chi connectivity index (χ1n) is 9.78. The summed E-state index contributed by atoms with van der Waals surface area (Å²) < 4.78 is 29.0. The quantitative estimate of drug-likeness (QED) is 0.686. The van der Waals surface area contributed by atoms with E-state index in [-0.39, 0.29) is 17.5 Å². The van der Waals surface area contributed by atoms with Crippen LogP contribution in [0.15, 0.2) is 53.4 Å². The van der Waals surface area contributed by atoms with Crippen LogP contribution in [-0.4, -0.2) is 57.0 Å². The summed E-state index contributed by atoms with van der Waals surface area (Å²) in [5, 5.41) is 10.6. The summed E-state index contributed by atoms with van der Waals surface area (Å²) in [6, 6.07) is 14.4. The first-order valence-corrected chi connectivity index (χ1v) is 12.1. The highest BCUT2D eigenvalue weighted by molar-refractivity contribution is 7.90. The Balaban J connectivity index is 1.57. The summed E-state index contributed by atoms with van der Waals surface area (Å²) in [5.41, 5.74) is 1.12. The maximum atomic E-state index is 11.6. The van der Waals surface area contributed by atoms with E-state index >= 15 is 0 Å². The Morgan fingerprint density at radius 3 is 2.55 bits per heavy atom. The van der Waals surface area contributed by atoms with Crippen molar-refractivity contribution in [2.24, 2.45) is 11.8 Å². The van der Waals surface area contributed by atoms with Gasteiger partial charge < -0.3 is 9.84 Å². The maximum Gasteiger partial charge on any atom is 0.175 e. The Labute approximate surface area is 178 Å². The molecule has 1 aliphatic heterocycles. The molecule has 0 aliphatic carbocycles. The molecule has 3 atom stereocenters. The Hall–Kier alpha value is -1.60. The van der Waals surface area contributed by atoms with Crippen LogP contribution in [0, 0.1) is 11.8 Å². The Morgan fingerprint density at radius 2 is 1.93 bits per heavy atom. The van der Waals surface area contributed by atoms with Crippen molar-refractivity contribution in [2.75, 3.05) is 32.6 Å². The highest BCUT2D eigenvalue weighted by Crippen LogP contribution is 2.27. The normalized spacial score (nSPS) is 21.2. The fourth-order valence-corrected chi connectivity index (χ4v) is 4.66. The molecule has 1 aliphatic rings. The van der Waals surface area contributed by atoms with E-state index in [0.29, 0.717) is 29.2 Å². The smallest absolute Gasteiger partial charge is 0.175 e. The molecule has 1 fully saturated rings. The van der Waals surface area contributed by atoms with Gasteiger partial charge in [-0.25, -0.2) is 8.42 Å². The predicted octanol–water partition coefficient (Wildman–Crippen LogP) is 3.29. The van der Waals surface area contributed by atoms with Gasteiger partial charge in [-0.05, 0) is 54.3 Å². The molecule has 5 nitrogen and oxygen atoms in total. The molecule has 29 heavy (non-hydrogen) atoms. The Kier molecular flexibility index (Phi) is 7.22. The van der Waals surface area contributed by atoms with Crippen molar-refractivity contribution >= 4 is 21.4 Å². The molecule has 3 rings (SSSR count). The summed E-state index contributed by atoms with van der Waals surface area (Å²) in [7, 11) is -3.20. The molecule has 3 unspecified atom stereocenters. The third kappa shape index (κ3) is 5.95. The van der Waals surface area contributed by atoms with Crippen molar-refractivity contribution in [1.82, 2.24) is 4.90 Å². The largest absolute Gasteiger partial charge is 0.493 e. The highest BCUT2D eigenvalue weighted by Gasteiger charge is 2.33. The van der Waals surface area contributed by atoms with E-state index < -0.39 is 9.84 Å². The maximum absolute atomic E-state index is 11.6. The number of hydrogen-bond acceptors (Lipinski definition) is 5. The van der Waals surface area contributed by atoms with Gasteiger partial charge in [0, 0.05) is 36.3 Å². The van der Waals surface area contributed by atoms with Crippen LogP contribution in [0.2, 0.25) is 5.02 Å².